The molecule has 3 nitrogen and oxygen atoms in total. The molecule has 0 fully saturated rings. The predicted octanol–water partition coefficient (Wildman–Crippen LogP) is 7.84. The number of nitrogens with zero attached hydrogens (tertiary/aromatic N) is 2. The molecular formula is C35H43N2O+. The third-order valence-electron chi connectivity index (χ3n) is 9.73. The van der Waals surface area contributed by atoms with Gasteiger partial charge >= 0.3 is 0 Å². The summed E-state index contributed by atoms with van der Waals surface area (Å²) in [5, 5.41) is 5.35. The Morgan fingerprint density at radius 2 is 1.66 bits per heavy atom. The number of ether oxygens (including phenoxy) is 1. The Balaban J connectivity index is 1.87. The lowest BCUT2D eigenvalue weighted by Crippen LogP contribution is -2.69. The summed E-state index contributed by atoms with van der Waals surface area (Å²) in [5.41, 5.74) is 10.1. The molecule has 0 saturated carbocycles. The van der Waals surface area contributed by atoms with Gasteiger partial charge in [-0.3, -0.25) is 4.98 Å². The SMILES string of the molecule is COCC1(C)[n+]2ccc3cc(CC(C)(C)C)nc4c3c2-c2c(cc3c(C)cc(C)cc3c2C1(C)C)C4(C)C. The second-order valence-corrected chi connectivity index (χ2v) is 14.5. The first-order valence-electron chi connectivity index (χ1n) is 14.1. The van der Waals surface area contributed by atoms with Crippen molar-refractivity contribution in [2.24, 2.45) is 5.41 Å². The zero-order chi connectivity index (χ0) is 27.6. The standard InChI is InChI=1S/C35H43N2O/c1-20-14-21(2)24-17-26-28-29(25(24)15-20)34(8,9)35(10,19-38-11)37-13-12-22-16-23(18-32(3,4)5)36-31(33(26,6)7)27(22)30(28)37/h12-17H,18-19H2,1-11H3/q+1. The lowest BCUT2D eigenvalue weighted by atomic mass is 9.59. The number of methoxy groups -OCH3 is 1. The van der Waals surface area contributed by atoms with Crippen LogP contribution in [0, 0.1) is 19.3 Å². The zero-order valence-electron chi connectivity index (χ0n) is 25.2. The van der Waals surface area contributed by atoms with Gasteiger partial charge in [0, 0.05) is 31.2 Å². The van der Waals surface area contributed by atoms with E-state index in [1.54, 1.807) is 0 Å². The lowest BCUT2D eigenvalue weighted by Gasteiger charge is -2.48. The summed E-state index contributed by atoms with van der Waals surface area (Å²) in [6, 6.07) is 11.9. The molecule has 3 heteroatoms. The molecule has 0 amide bonds. The van der Waals surface area contributed by atoms with E-state index in [-0.39, 0.29) is 21.8 Å². The van der Waals surface area contributed by atoms with E-state index in [0.29, 0.717) is 6.61 Å². The highest BCUT2D eigenvalue weighted by Crippen LogP contribution is 2.57. The van der Waals surface area contributed by atoms with Gasteiger partial charge in [0.1, 0.15) is 6.61 Å². The summed E-state index contributed by atoms with van der Waals surface area (Å²) in [6.45, 7) is 24.0. The number of aromatic nitrogens is 2. The van der Waals surface area contributed by atoms with Crippen LogP contribution < -0.4 is 4.57 Å². The maximum atomic E-state index is 5.99. The van der Waals surface area contributed by atoms with Crippen LogP contribution in [-0.4, -0.2) is 18.7 Å². The van der Waals surface area contributed by atoms with Gasteiger partial charge in [-0.2, -0.15) is 4.57 Å². The van der Waals surface area contributed by atoms with E-state index < -0.39 is 0 Å². The van der Waals surface area contributed by atoms with Crippen molar-refractivity contribution in [2.45, 2.75) is 92.0 Å². The van der Waals surface area contributed by atoms with Crippen LogP contribution in [0.25, 0.3) is 32.8 Å². The average molecular weight is 508 g/mol. The van der Waals surface area contributed by atoms with Crippen LogP contribution in [0.15, 0.2) is 36.5 Å². The predicted molar refractivity (Wildman–Crippen MR) is 158 cm³/mol. The normalized spacial score (nSPS) is 20.8. The highest BCUT2D eigenvalue weighted by atomic mass is 16.5. The van der Waals surface area contributed by atoms with Gasteiger partial charge in [-0.05, 0) is 84.5 Å². The zero-order valence-corrected chi connectivity index (χ0v) is 25.2. The van der Waals surface area contributed by atoms with Gasteiger partial charge in [-0.15, -0.1) is 0 Å². The highest BCUT2D eigenvalue weighted by Gasteiger charge is 2.59. The van der Waals surface area contributed by atoms with Gasteiger partial charge < -0.3 is 4.74 Å². The minimum atomic E-state index is -0.274. The first kappa shape index (κ1) is 25.5. The Labute approximate surface area is 228 Å². The van der Waals surface area contributed by atoms with E-state index >= 15 is 0 Å². The number of fused-ring (bicyclic) bond motifs is 2. The van der Waals surface area contributed by atoms with Gasteiger partial charge in [-0.25, -0.2) is 0 Å². The molecule has 1 unspecified atom stereocenters. The summed E-state index contributed by atoms with van der Waals surface area (Å²) in [6.07, 6.45) is 3.28. The molecule has 0 bridgehead atoms. The Hall–Kier alpha value is -2.78. The number of benzene rings is 2. The molecule has 0 N–H and O–H groups in total. The van der Waals surface area contributed by atoms with Gasteiger partial charge in [0.05, 0.1) is 22.1 Å². The Morgan fingerprint density at radius 1 is 0.947 bits per heavy atom. The number of rotatable bonds is 3. The Morgan fingerprint density at radius 3 is 2.32 bits per heavy atom. The first-order valence-corrected chi connectivity index (χ1v) is 14.1. The Kier molecular flexibility index (Phi) is 5.14. The van der Waals surface area contributed by atoms with Crippen molar-refractivity contribution in [3.8, 4) is 11.3 Å². The first-order chi connectivity index (χ1) is 17.6. The van der Waals surface area contributed by atoms with E-state index in [0.717, 1.165) is 6.42 Å². The van der Waals surface area contributed by atoms with Crippen molar-refractivity contribution >= 4 is 21.5 Å². The van der Waals surface area contributed by atoms with Gasteiger partial charge in [0.15, 0.2) is 11.7 Å². The third-order valence-corrected chi connectivity index (χ3v) is 9.73. The molecule has 2 aliphatic rings. The number of hydrogen-bond donors (Lipinski definition) is 0. The quantitative estimate of drug-likeness (QED) is 0.264. The van der Waals surface area contributed by atoms with Crippen molar-refractivity contribution in [3.63, 3.8) is 0 Å². The van der Waals surface area contributed by atoms with E-state index in [9.17, 15) is 0 Å². The van der Waals surface area contributed by atoms with Gasteiger partial charge in [-0.1, -0.05) is 52.3 Å². The van der Waals surface area contributed by atoms with Crippen LogP contribution in [0.5, 0.6) is 0 Å². The number of hydrogen-bond acceptors (Lipinski definition) is 2. The molecule has 3 heterocycles. The minimum absolute atomic E-state index is 0.173. The van der Waals surface area contributed by atoms with Crippen molar-refractivity contribution in [1.29, 1.82) is 0 Å². The molecule has 1 aliphatic carbocycles. The summed E-state index contributed by atoms with van der Waals surface area (Å²) >= 11 is 0. The van der Waals surface area contributed by atoms with Crippen molar-refractivity contribution in [2.75, 3.05) is 13.7 Å². The number of pyridine rings is 2. The van der Waals surface area contributed by atoms with E-state index in [2.05, 4.69) is 110 Å². The fourth-order valence-electron chi connectivity index (χ4n) is 7.57. The van der Waals surface area contributed by atoms with Crippen LogP contribution in [0.4, 0.5) is 0 Å². The maximum Gasteiger partial charge on any atom is 0.223 e. The molecule has 2 aromatic carbocycles. The molecule has 38 heavy (non-hydrogen) atoms. The molecule has 1 aliphatic heterocycles. The molecule has 6 rings (SSSR count). The summed E-state index contributed by atoms with van der Waals surface area (Å²) in [5.74, 6) is 0. The number of aryl methyl sites for hydroxylation is 2. The fourth-order valence-corrected chi connectivity index (χ4v) is 7.57. The van der Waals surface area contributed by atoms with Crippen LogP contribution in [0.1, 0.15) is 89.0 Å². The van der Waals surface area contributed by atoms with E-state index in [4.69, 9.17) is 9.72 Å². The molecule has 2 aromatic heterocycles. The molecule has 198 valence electrons. The lowest BCUT2D eigenvalue weighted by molar-refractivity contribution is -0.764. The van der Waals surface area contributed by atoms with Crippen molar-refractivity contribution < 1.29 is 9.30 Å². The largest absolute Gasteiger partial charge is 0.377 e. The topological polar surface area (TPSA) is 26.0 Å². The third kappa shape index (κ3) is 3.18. The average Bonchev–Trinajstić information content (AvgIpc) is 2.79. The monoisotopic (exact) mass is 507 g/mol. The van der Waals surface area contributed by atoms with Crippen LogP contribution >= 0.6 is 0 Å². The molecule has 1 atom stereocenters. The molecule has 0 spiro atoms. The second kappa shape index (κ2) is 7.66. The van der Waals surface area contributed by atoms with E-state index in [1.807, 2.05) is 7.11 Å². The summed E-state index contributed by atoms with van der Waals surface area (Å²) in [4.78, 5) is 5.47. The van der Waals surface area contributed by atoms with Crippen LogP contribution in [-0.2, 0) is 27.5 Å². The second-order valence-electron chi connectivity index (χ2n) is 14.5. The molecule has 4 aromatic rings. The summed E-state index contributed by atoms with van der Waals surface area (Å²) in [7, 11) is 1.84. The summed E-state index contributed by atoms with van der Waals surface area (Å²) < 4.78 is 8.52. The highest BCUT2D eigenvalue weighted by molar-refractivity contribution is 6.05. The molecule has 0 radical (unpaired) electrons. The van der Waals surface area contributed by atoms with Gasteiger partial charge in [0.2, 0.25) is 5.69 Å². The fraction of sp³-hybridized carbons (Fsp3) is 0.486. The van der Waals surface area contributed by atoms with E-state index in [1.165, 1.54) is 66.4 Å². The Bertz CT molecular complexity index is 1670. The van der Waals surface area contributed by atoms with Crippen molar-refractivity contribution in [1.82, 2.24) is 4.98 Å². The van der Waals surface area contributed by atoms with Crippen molar-refractivity contribution in [3.05, 3.63) is 70.2 Å². The van der Waals surface area contributed by atoms with Crippen LogP contribution in [0.3, 0.4) is 0 Å². The minimum Gasteiger partial charge on any atom is -0.377 e. The molecular weight excluding hydrogens is 464 g/mol. The van der Waals surface area contributed by atoms with Crippen LogP contribution in [0.2, 0.25) is 0 Å². The smallest absolute Gasteiger partial charge is 0.223 e. The maximum absolute atomic E-state index is 5.99. The van der Waals surface area contributed by atoms with Gasteiger partial charge in [0.25, 0.3) is 0 Å². The molecule has 0 saturated heterocycles.